The van der Waals surface area contributed by atoms with Gasteiger partial charge in [0.2, 0.25) is 0 Å². The molecule has 1 heterocycles. The largest absolute Gasteiger partial charge is 0.478 e. The van der Waals surface area contributed by atoms with E-state index in [1.165, 1.54) is 11.1 Å². The predicted molar refractivity (Wildman–Crippen MR) is 63.7 cm³/mol. The molecule has 0 fully saturated rings. The fourth-order valence-corrected chi connectivity index (χ4v) is 1.68. The van der Waals surface area contributed by atoms with E-state index in [0.717, 1.165) is 24.6 Å². The standard InChI is InChI=1S/C13H13NO2/c15-13(16)6-3-10-1-4-11(5-2-10)12-7-8-14-9-12/h1-6,9,14H,7-8H2,(H,15,16)/b6-3+. The van der Waals surface area contributed by atoms with Gasteiger partial charge in [-0.1, -0.05) is 24.3 Å². The Bertz CT molecular complexity index is 444. The van der Waals surface area contributed by atoms with Crippen molar-refractivity contribution < 1.29 is 9.90 Å². The van der Waals surface area contributed by atoms with Crippen LogP contribution in [0, 0.1) is 0 Å². The van der Waals surface area contributed by atoms with Crippen molar-refractivity contribution in [2.75, 3.05) is 6.54 Å². The Morgan fingerprint density at radius 1 is 1.31 bits per heavy atom. The van der Waals surface area contributed by atoms with Crippen molar-refractivity contribution in [3.8, 4) is 0 Å². The van der Waals surface area contributed by atoms with Gasteiger partial charge >= 0.3 is 5.97 Å². The number of benzene rings is 1. The second kappa shape index (κ2) is 4.66. The highest BCUT2D eigenvalue weighted by Gasteiger charge is 2.05. The lowest BCUT2D eigenvalue weighted by molar-refractivity contribution is -0.131. The molecule has 1 aromatic rings. The molecular weight excluding hydrogens is 202 g/mol. The zero-order valence-corrected chi connectivity index (χ0v) is 8.81. The molecule has 0 atom stereocenters. The topological polar surface area (TPSA) is 49.3 Å². The first-order chi connectivity index (χ1) is 7.75. The van der Waals surface area contributed by atoms with Gasteiger partial charge in [0.1, 0.15) is 0 Å². The van der Waals surface area contributed by atoms with Crippen LogP contribution >= 0.6 is 0 Å². The summed E-state index contributed by atoms with van der Waals surface area (Å²) in [7, 11) is 0. The Labute approximate surface area is 94.1 Å². The Balaban J connectivity index is 2.13. The zero-order chi connectivity index (χ0) is 11.4. The molecule has 2 N–H and O–H groups in total. The average molecular weight is 215 g/mol. The molecule has 0 spiro atoms. The monoisotopic (exact) mass is 215 g/mol. The maximum atomic E-state index is 10.3. The van der Waals surface area contributed by atoms with E-state index in [1.54, 1.807) is 6.08 Å². The summed E-state index contributed by atoms with van der Waals surface area (Å²) in [5.41, 5.74) is 3.39. The third-order valence-electron chi connectivity index (χ3n) is 2.51. The van der Waals surface area contributed by atoms with Gasteiger partial charge in [0.15, 0.2) is 0 Å². The summed E-state index contributed by atoms with van der Waals surface area (Å²) >= 11 is 0. The maximum Gasteiger partial charge on any atom is 0.328 e. The van der Waals surface area contributed by atoms with Crippen molar-refractivity contribution in [3.63, 3.8) is 0 Å². The first kappa shape index (κ1) is 10.5. The lowest BCUT2D eigenvalue weighted by Crippen LogP contribution is -1.96. The molecule has 1 aliphatic rings. The molecule has 3 nitrogen and oxygen atoms in total. The normalized spacial score (nSPS) is 14.9. The summed E-state index contributed by atoms with van der Waals surface area (Å²) in [6.45, 7) is 0.996. The van der Waals surface area contributed by atoms with Crippen LogP contribution in [-0.4, -0.2) is 17.6 Å². The molecule has 1 aliphatic heterocycles. The summed E-state index contributed by atoms with van der Waals surface area (Å²) in [4.78, 5) is 10.3. The molecule has 16 heavy (non-hydrogen) atoms. The van der Waals surface area contributed by atoms with E-state index in [4.69, 9.17) is 5.11 Å². The first-order valence-corrected chi connectivity index (χ1v) is 5.19. The number of carbonyl (C=O) groups is 1. The average Bonchev–Trinajstić information content (AvgIpc) is 2.80. The van der Waals surface area contributed by atoms with Gasteiger partial charge in [0.25, 0.3) is 0 Å². The number of carboxylic acid groups (broad SMARTS) is 1. The molecule has 0 unspecified atom stereocenters. The predicted octanol–water partition coefficient (Wildman–Crippen LogP) is 2.12. The Kier molecular flexibility index (Phi) is 3.05. The smallest absolute Gasteiger partial charge is 0.328 e. The van der Waals surface area contributed by atoms with Crippen LogP contribution in [0.4, 0.5) is 0 Å². The van der Waals surface area contributed by atoms with Crippen LogP contribution in [0.3, 0.4) is 0 Å². The van der Waals surface area contributed by atoms with Crippen LogP contribution in [-0.2, 0) is 4.79 Å². The summed E-state index contributed by atoms with van der Waals surface area (Å²) in [6, 6.07) is 7.88. The quantitative estimate of drug-likeness (QED) is 0.759. The molecule has 0 amide bonds. The molecule has 0 bridgehead atoms. The Morgan fingerprint density at radius 2 is 2.06 bits per heavy atom. The highest BCUT2D eigenvalue weighted by Crippen LogP contribution is 2.20. The van der Waals surface area contributed by atoms with Crippen LogP contribution in [0.25, 0.3) is 11.6 Å². The van der Waals surface area contributed by atoms with Gasteiger partial charge in [-0.2, -0.15) is 0 Å². The van der Waals surface area contributed by atoms with Crippen molar-refractivity contribution >= 4 is 17.6 Å². The molecule has 0 aliphatic carbocycles. The van der Waals surface area contributed by atoms with Crippen molar-refractivity contribution in [2.24, 2.45) is 0 Å². The van der Waals surface area contributed by atoms with Gasteiger partial charge in [-0.25, -0.2) is 4.79 Å². The molecular formula is C13H13NO2. The number of rotatable bonds is 3. The van der Waals surface area contributed by atoms with Crippen LogP contribution in [0.15, 0.2) is 36.5 Å². The summed E-state index contributed by atoms with van der Waals surface area (Å²) in [6.07, 6.45) is 5.81. The van der Waals surface area contributed by atoms with Gasteiger partial charge in [-0.05, 0) is 29.2 Å². The molecule has 0 radical (unpaired) electrons. The third-order valence-corrected chi connectivity index (χ3v) is 2.51. The van der Waals surface area contributed by atoms with Crippen molar-refractivity contribution in [3.05, 3.63) is 47.7 Å². The van der Waals surface area contributed by atoms with Gasteiger partial charge in [0, 0.05) is 18.8 Å². The number of hydrogen-bond donors (Lipinski definition) is 2. The molecule has 3 heteroatoms. The summed E-state index contributed by atoms with van der Waals surface area (Å²) < 4.78 is 0. The molecule has 82 valence electrons. The van der Waals surface area contributed by atoms with E-state index in [2.05, 4.69) is 5.32 Å². The fourth-order valence-electron chi connectivity index (χ4n) is 1.68. The molecule has 0 saturated heterocycles. The minimum absolute atomic E-state index is 0.901. The van der Waals surface area contributed by atoms with E-state index in [0.29, 0.717) is 0 Å². The van der Waals surface area contributed by atoms with Gasteiger partial charge < -0.3 is 10.4 Å². The van der Waals surface area contributed by atoms with Gasteiger partial charge in [0.05, 0.1) is 0 Å². The van der Waals surface area contributed by atoms with Crippen LogP contribution in [0.1, 0.15) is 17.5 Å². The maximum absolute atomic E-state index is 10.3. The number of hydrogen-bond acceptors (Lipinski definition) is 2. The van der Waals surface area contributed by atoms with Crippen LogP contribution in [0.2, 0.25) is 0 Å². The second-order valence-electron chi connectivity index (χ2n) is 3.67. The zero-order valence-electron chi connectivity index (χ0n) is 8.81. The third kappa shape index (κ3) is 2.51. The fraction of sp³-hybridized carbons (Fsp3) is 0.154. The molecule has 0 saturated carbocycles. The van der Waals surface area contributed by atoms with Crippen LogP contribution < -0.4 is 5.32 Å². The van der Waals surface area contributed by atoms with Crippen LogP contribution in [0.5, 0.6) is 0 Å². The minimum atomic E-state index is -0.924. The highest BCUT2D eigenvalue weighted by molar-refractivity contribution is 5.85. The molecule has 0 aromatic heterocycles. The summed E-state index contributed by atoms with van der Waals surface area (Å²) in [5.74, 6) is -0.924. The number of nitrogens with one attached hydrogen (secondary N) is 1. The molecule has 1 aromatic carbocycles. The Morgan fingerprint density at radius 3 is 2.62 bits per heavy atom. The highest BCUT2D eigenvalue weighted by atomic mass is 16.4. The lowest BCUT2D eigenvalue weighted by Gasteiger charge is -2.01. The number of aliphatic carboxylic acids is 1. The second-order valence-corrected chi connectivity index (χ2v) is 3.67. The van der Waals surface area contributed by atoms with E-state index in [1.807, 2.05) is 30.5 Å². The van der Waals surface area contributed by atoms with E-state index >= 15 is 0 Å². The lowest BCUT2D eigenvalue weighted by atomic mass is 10.0. The first-order valence-electron chi connectivity index (χ1n) is 5.19. The van der Waals surface area contributed by atoms with Crippen molar-refractivity contribution in [1.82, 2.24) is 5.32 Å². The van der Waals surface area contributed by atoms with Crippen molar-refractivity contribution in [2.45, 2.75) is 6.42 Å². The van der Waals surface area contributed by atoms with Gasteiger partial charge in [-0.15, -0.1) is 0 Å². The molecule has 2 rings (SSSR count). The summed E-state index contributed by atoms with van der Waals surface area (Å²) in [5, 5.41) is 11.7. The van der Waals surface area contributed by atoms with E-state index < -0.39 is 5.97 Å². The van der Waals surface area contributed by atoms with E-state index in [-0.39, 0.29) is 0 Å². The number of carboxylic acids is 1. The SMILES string of the molecule is O=C(O)/C=C/c1ccc(C2=CNCC2)cc1. The van der Waals surface area contributed by atoms with Gasteiger partial charge in [-0.3, -0.25) is 0 Å². The minimum Gasteiger partial charge on any atom is -0.478 e. The Hall–Kier alpha value is -2.03. The van der Waals surface area contributed by atoms with E-state index in [9.17, 15) is 4.79 Å². The van der Waals surface area contributed by atoms with Crippen molar-refractivity contribution in [1.29, 1.82) is 0 Å².